The normalized spacial score (nSPS) is 19.6. The van der Waals surface area contributed by atoms with Gasteiger partial charge in [-0.2, -0.15) is 0 Å². The van der Waals surface area contributed by atoms with Gasteiger partial charge in [0.25, 0.3) is 0 Å². The summed E-state index contributed by atoms with van der Waals surface area (Å²) in [6.07, 6.45) is 0. The van der Waals surface area contributed by atoms with Crippen molar-refractivity contribution < 1.29 is 11.3 Å². The minimum absolute atomic E-state index is 0.614. The SMILES string of the molecule is [1H][13C@@]([2H])(C)[Se](=O)c1ccc(OC)cc1C. The molecule has 1 unspecified atom stereocenters. The van der Waals surface area contributed by atoms with Crippen LogP contribution in [0.1, 0.15) is 15.2 Å². The van der Waals surface area contributed by atoms with Gasteiger partial charge in [0.05, 0.1) is 0 Å². The van der Waals surface area contributed by atoms with Crippen LogP contribution in [0.4, 0.5) is 0 Å². The molecule has 1 rings (SSSR count). The van der Waals surface area contributed by atoms with Crippen LogP contribution in [-0.4, -0.2) is 20.9 Å². The van der Waals surface area contributed by atoms with Gasteiger partial charge in [0.1, 0.15) is 0 Å². The molecule has 0 saturated carbocycles. The molecule has 13 heavy (non-hydrogen) atoms. The molecule has 0 heterocycles. The van der Waals surface area contributed by atoms with Gasteiger partial charge in [-0.1, -0.05) is 0 Å². The van der Waals surface area contributed by atoms with E-state index in [1.807, 2.05) is 6.92 Å². The van der Waals surface area contributed by atoms with E-state index in [0.717, 1.165) is 5.56 Å². The van der Waals surface area contributed by atoms with Gasteiger partial charge in [0, 0.05) is 0 Å². The van der Waals surface area contributed by atoms with Crippen LogP contribution in [0.5, 0.6) is 5.75 Å². The van der Waals surface area contributed by atoms with Crippen LogP contribution in [0.2, 0.25) is 5.27 Å². The summed E-state index contributed by atoms with van der Waals surface area (Å²) < 4.78 is 32.4. The van der Waals surface area contributed by atoms with Gasteiger partial charge in [-0.05, 0) is 0 Å². The summed E-state index contributed by atoms with van der Waals surface area (Å²) in [5, 5.41) is -1.63. The Balaban J connectivity index is 3.12. The summed E-state index contributed by atoms with van der Waals surface area (Å²) in [6, 6.07) is 5.17. The van der Waals surface area contributed by atoms with Crippen LogP contribution in [0.15, 0.2) is 18.2 Å². The van der Waals surface area contributed by atoms with E-state index in [-0.39, 0.29) is 0 Å². The van der Waals surface area contributed by atoms with Crippen molar-refractivity contribution in [1.29, 1.82) is 0 Å². The van der Waals surface area contributed by atoms with E-state index in [1.54, 1.807) is 25.3 Å². The van der Waals surface area contributed by atoms with Gasteiger partial charge in [0.2, 0.25) is 0 Å². The van der Waals surface area contributed by atoms with Gasteiger partial charge >= 0.3 is 85.3 Å². The fraction of sp³-hybridized carbons (Fsp3) is 0.400. The first-order valence-corrected chi connectivity index (χ1v) is 6.34. The molecule has 3 heteroatoms. The molecule has 2 nitrogen and oxygen atoms in total. The summed E-state index contributed by atoms with van der Waals surface area (Å²) in [5.41, 5.74) is 0.820. The molecule has 1 aromatic rings. The second-order valence-electron chi connectivity index (χ2n) is 2.60. The Kier molecular flexibility index (Phi) is 2.70. The number of methoxy groups -OCH3 is 1. The molecule has 2 atom stereocenters. The summed E-state index contributed by atoms with van der Waals surface area (Å²) in [6.45, 7) is 3.17. The van der Waals surface area contributed by atoms with Crippen molar-refractivity contribution in [3.8, 4) is 5.75 Å². The third-order valence-electron chi connectivity index (χ3n) is 1.77. The van der Waals surface area contributed by atoms with Crippen molar-refractivity contribution >= 4 is 18.3 Å². The zero-order valence-corrected chi connectivity index (χ0v) is 9.67. The van der Waals surface area contributed by atoms with Gasteiger partial charge in [-0.25, -0.2) is 0 Å². The topological polar surface area (TPSA) is 26.3 Å². The monoisotopic (exact) mass is 248 g/mol. The number of aryl methyl sites for hydroxylation is 1. The van der Waals surface area contributed by atoms with E-state index < -0.39 is 19.1 Å². The Hall–Kier alpha value is -0.661. The summed E-state index contributed by atoms with van der Waals surface area (Å²) in [5.74, 6) is 0.701. The van der Waals surface area contributed by atoms with E-state index >= 15 is 0 Å². The Bertz CT molecular complexity index is 385. The standard InChI is InChI=1S/C10H14O2Se/c1-4-13(11)10-6-5-9(12-3)7-8(10)2/h5-7H,4H2,1-3H3/i4+1DH/t4-,13?/m1/s1. The molecule has 0 saturated heterocycles. The number of hydrogen-bond donors (Lipinski definition) is 0. The van der Waals surface area contributed by atoms with E-state index in [1.165, 1.54) is 6.92 Å². The number of benzene rings is 1. The van der Waals surface area contributed by atoms with E-state index in [4.69, 9.17) is 7.48 Å². The van der Waals surface area contributed by atoms with Gasteiger partial charge in [-0.3, -0.25) is 0 Å². The van der Waals surface area contributed by atoms with E-state index in [9.17, 15) is 3.83 Å². The fourth-order valence-corrected chi connectivity index (χ4v) is 2.67. The van der Waals surface area contributed by atoms with Crippen LogP contribution in [0.25, 0.3) is 0 Å². The van der Waals surface area contributed by atoms with Crippen LogP contribution in [-0.2, 0) is 3.83 Å². The maximum atomic E-state index is 11.9. The summed E-state index contributed by atoms with van der Waals surface area (Å²) in [7, 11) is 1.57. The van der Waals surface area contributed by atoms with Crippen molar-refractivity contribution in [3.05, 3.63) is 23.8 Å². The second-order valence-corrected chi connectivity index (χ2v) is 5.51. The van der Waals surface area contributed by atoms with Gasteiger partial charge < -0.3 is 0 Å². The van der Waals surface area contributed by atoms with Crippen molar-refractivity contribution in [2.45, 2.75) is 19.1 Å². The van der Waals surface area contributed by atoms with Crippen LogP contribution < -0.4 is 9.20 Å². The molecule has 0 aliphatic carbocycles. The van der Waals surface area contributed by atoms with E-state index in [0.29, 0.717) is 10.2 Å². The summed E-state index contributed by atoms with van der Waals surface area (Å²) in [4.78, 5) is 0. The Morgan fingerprint density at radius 1 is 1.77 bits per heavy atom. The van der Waals surface area contributed by atoms with Gasteiger partial charge in [-0.15, -0.1) is 0 Å². The van der Waals surface area contributed by atoms with Crippen molar-refractivity contribution in [1.82, 2.24) is 0 Å². The maximum absolute atomic E-state index is 11.9. The Labute approximate surface area is 85.8 Å². The predicted molar refractivity (Wildman–Crippen MR) is 54.3 cm³/mol. The molecule has 0 aliphatic heterocycles. The zero-order chi connectivity index (χ0) is 11.6. The molecule has 1 aromatic carbocycles. The zero-order valence-electron chi connectivity index (χ0n) is 9.96. The first kappa shape index (κ1) is 7.72. The van der Waals surface area contributed by atoms with Crippen molar-refractivity contribution in [2.24, 2.45) is 0 Å². The Morgan fingerprint density at radius 3 is 2.92 bits per heavy atom. The molecule has 0 amide bonds. The third kappa shape index (κ3) is 2.39. The molecule has 0 bridgehead atoms. The number of rotatable bonds is 3. The quantitative estimate of drug-likeness (QED) is 0.599. The Morgan fingerprint density at radius 2 is 2.46 bits per heavy atom. The first-order chi connectivity index (χ1) is 6.86. The average molecular weight is 247 g/mol. The van der Waals surface area contributed by atoms with Crippen LogP contribution >= 0.6 is 0 Å². The first-order valence-electron chi connectivity index (χ1n) is 4.93. The van der Waals surface area contributed by atoms with Gasteiger partial charge in [0.15, 0.2) is 0 Å². The molecule has 0 N–H and O–H groups in total. The fourth-order valence-electron chi connectivity index (χ4n) is 1.07. The van der Waals surface area contributed by atoms with Crippen LogP contribution in [0, 0.1) is 6.92 Å². The molecule has 0 radical (unpaired) electrons. The third-order valence-corrected chi connectivity index (χ3v) is 4.34. The predicted octanol–water partition coefficient (Wildman–Crippen LogP) is 1.65. The van der Waals surface area contributed by atoms with Crippen LogP contribution in [0.3, 0.4) is 0 Å². The molecule has 72 valence electrons. The number of ether oxygens (including phenoxy) is 1. The molecule has 0 spiro atoms. The molecule has 0 aliphatic rings. The minimum atomic E-state index is -2.65. The van der Waals surface area contributed by atoms with Crippen molar-refractivity contribution in [3.63, 3.8) is 0 Å². The molecular weight excluding hydrogens is 232 g/mol. The second kappa shape index (κ2) is 4.54. The average Bonchev–Trinajstić information content (AvgIpc) is 2.15. The molecule has 0 aromatic heterocycles. The number of hydrogen-bond acceptors (Lipinski definition) is 2. The van der Waals surface area contributed by atoms with Crippen molar-refractivity contribution in [2.75, 3.05) is 7.11 Å². The summed E-state index contributed by atoms with van der Waals surface area (Å²) >= 11 is -2.65. The molecule has 0 fully saturated rings. The van der Waals surface area contributed by atoms with E-state index in [2.05, 4.69) is 0 Å². The molecular formula is C10H14O2Se.